The van der Waals surface area contributed by atoms with E-state index in [1.54, 1.807) is 0 Å². The molecule has 1 N–H and O–H groups in total. The van der Waals surface area contributed by atoms with Crippen LogP contribution in [0, 0.1) is 17.2 Å². The third kappa shape index (κ3) is 2.81. The molecule has 3 nitrogen and oxygen atoms in total. The van der Waals surface area contributed by atoms with Crippen LogP contribution in [0.25, 0.3) is 0 Å². The molecule has 2 aliphatic rings. The summed E-state index contributed by atoms with van der Waals surface area (Å²) in [5, 5.41) is 12.5. The minimum absolute atomic E-state index is 0.263. The summed E-state index contributed by atoms with van der Waals surface area (Å²) in [6.07, 6.45) is 5.97. The second kappa shape index (κ2) is 4.96. The van der Waals surface area contributed by atoms with E-state index in [-0.39, 0.29) is 5.54 Å². The lowest BCUT2D eigenvalue weighted by Crippen LogP contribution is -2.44. The molecule has 2 aliphatic carbocycles. The molecule has 2 unspecified atom stereocenters. The third-order valence-electron chi connectivity index (χ3n) is 4.48. The highest BCUT2D eigenvalue weighted by Gasteiger charge is 2.42. The summed E-state index contributed by atoms with van der Waals surface area (Å²) >= 11 is 0. The Balaban J connectivity index is 1.98. The molecule has 0 aromatic rings. The van der Waals surface area contributed by atoms with Gasteiger partial charge in [0.1, 0.15) is 5.54 Å². The van der Waals surface area contributed by atoms with Gasteiger partial charge in [0.25, 0.3) is 0 Å². The Bertz CT molecular complexity index is 303. The van der Waals surface area contributed by atoms with Crippen molar-refractivity contribution in [2.45, 2.75) is 63.6 Å². The Morgan fingerprint density at radius 2 is 2.12 bits per heavy atom. The van der Waals surface area contributed by atoms with Crippen LogP contribution in [0.1, 0.15) is 46.0 Å². The maximum atomic E-state index is 9.32. The van der Waals surface area contributed by atoms with Gasteiger partial charge in [-0.15, -0.1) is 0 Å². The van der Waals surface area contributed by atoms with Crippen molar-refractivity contribution in [3.8, 4) is 6.07 Å². The second-order valence-electron chi connectivity index (χ2n) is 6.07. The summed E-state index contributed by atoms with van der Waals surface area (Å²) in [6.45, 7) is 5.82. The zero-order chi connectivity index (χ0) is 12.5. The standard InChI is InChI=1S/C14H25N3/c1-11(2)17(9-12-4-5-12)13-6-7-14(8-13,10-15)16-3/h11-13,16H,4-9H2,1-3H3. The van der Waals surface area contributed by atoms with Gasteiger partial charge in [0.15, 0.2) is 0 Å². The first kappa shape index (κ1) is 12.9. The third-order valence-corrected chi connectivity index (χ3v) is 4.48. The highest BCUT2D eigenvalue weighted by molar-refractivity contribution is 5.13. The molecule has 0 amide bonds. The van der Waals surface area contributed by atoms with Crippen LogP contribution in [0.4, 0.5) is 0 Å². The van der Waals surface area contributed by atoms with Gasteiger partial charge in [-0.2, -0.15) is 5.26 Å². The van der Waals surface area contributed by atoms with E-state index in [9.17, 15) is 5.26 Å². The second-order valence-corrected chi connectivity index (χ2v) is 6.07. The van der Waals surface area contributed by atoms with Crippen LogP contribution in [0.3, 0.4) is 0 Å². The lowest BCUT2D eigenvalue weighted by molar-refractivity contribution is 0.144. The van der Waals surface area contributed by atoms with E-state index in [0.717, 1.165) is 18.8 Å². The molecule has 2 rings (SSSR count). The van der Waals surface area contributed by atoms with Crippen LogP contribution in [0.5, 0.6) is 0 Å². The van der Waals surface area contributed by atoms with Crippen molar-refractivity contribution in [1.82, 2.24) is 10.2 Å². The van der Waals surface area contributed by atoms with Crippen LogP contribution < -0.4 is 5.32 Å². The molecule has 0 aromatic heterocycles. The molecule has 96 valence electrons. The first-order chi connectivity index (χ1) is 8.10. The molecule has 0 heterocycles. The fourth-order valence-corrected chi connectivity index (χ4v) is 3.07. The Hall–Kier alpha value is -0.590. The molecule has 0 aromatic carbocycles. The smallest absolute Gasteiger partial charge is 0.108 e. The predicted octanol–water partition coefficient (Wildman–Crippen LogP) is 2.14. The van der Waals surface area contributed by atoms with Gasteiger partial charge >= 0.3 is 0 Å². The molecule has 0 aliphatic heterocycles. The number of rotatable bonds is 5. The quantitative estimate of drug-likeness (QED) is 0.793. The van der Waals surface area contributed by atoms with E-state index < -0.39 is 0 Å². The summed E-state index contributed by atoms with van der Waals surface area (Å²) < 4.78 is 0. The van der Waals surface area contributed by atoms with E-state index in [4.69, 9.17) is 0 Å². The molecule has 0 spiro atoms. The van der Waals surface area contributed by atoms with Gasteiger partial charge in [-0.1, -0.05) is 0 Å². The molecule has 0 saturated heterocycles. The van der Waals surface area contributed by atoms with E-state index in [2.05, 4.69) is 30.1 Å². The Morgan fingerprint density at radius 1 is 1.41 bits per heavy atom. The number of hydrogen-bond donors (Lipinski definition) is 1. The van der Waals surface area contributed by atoms with Gasteiger partial charge < -0.3 is 5.32 Å². The molecular weight excluding hydrogens is 210 g/mol. The first-order valence-corrected chi connectivity index (χ1v) is 6.96. The fourth-order valence-electron chi connectivity index (χ4n) is 3.07. The minimum atomic E-state index is -0.263. The lowest BCUT2D eigenvalue weighted by Gasteiger charge is -2.33. The number of nitriles is 1. The summed E-state index contributed by atoms with van der Waals surface area (Å²) in [5.74, 6) is 0.934. The van der Waals surface area contributed by atoms with E-state index >= 15 is 0 Å². The van der Waals surface area contributed by atoms with Crippen LogP contribution in [0.15, 0.2) is 0 Å². The molecule has 3 heteroatoms. The maximum Gasteiger partial charge on any atom is 0.108 e. The van der Waals surface area contributed by atoms with Crippen molar-refractivity contribution in [2.75, 3.05) is 13.6 Å². The lowest BCUT2D eigenvalue weighted by atomic mass is 9.99. The summed E-state index contributed by atoms with van der Waals surface area (Å²) in [7, 11) is 1.92. The van der Waals surface area contributed by atoms with Gasteiger partial charge in [-0.3, -0.25) is 4.90 Å². The summed E-state index contributed by atoms with van der Waals surface area (Å²) in [5.41, 5.74) is -0.263. The van der Waals surface area contributed by atoms with Crippen molar-refractivity contribution in [3.63, 3.8) is 0 Å². The Kier molecular flexibility index (Phi) is 3.75. The topological polar surface area (TPSA) is 39.1 Å². The molecule has 2 fully saturated rings. The molecule has 2 atom stereocenters. The molecule has 0 radical (unpaired) electrons. The Morgan fingerprint density at radius 3 is 2.53 bits per heavy atom. The van der Waals surface area contributed by atoms with E-state index in [0.29, 0.717) is 12.1 Å². The highest BCUT2D eigenvalue weighted by atomic mass is 15.2. The van der Waals surface area contributed by atoms with E-state index in [1.807, 2.05) is 7.05 Å². The fraction of sp³-hybridized carbons (Fsp3) is 0.929. The molecular formula is C14H25N3. The van der Waals surface area contributed by atoms with Gasteiger partial charge in [0.2, 0.25) is 0 Å². The SMILES string of the molecule is CNC1(C#N)CCC(N(CC2CC2)C(C)C)C1. The average molecular weight is 235 g/mol. The molecule has 17 heavy (non-hydrogen) atoms. The van der Waals surface area contributed by atoms with E-state index in [1.165, 1.54) is 25.8 Å². The first-order valence-electron chi connectivity index (χ1n) is 6.96. The van der Waals surface area contributed by atoms with Gasteiger partial charge in [-0.25, -0.2) is 0 Å². The minimum Gasteiger partial charge on any atom is -0.302 e. The highest BCUT2D eigenvalue weighted by Crippen LogP contribution is 2.37. The number of hydrogen-bond acceptors (Lipinski definition) is 3. The van der Waals surface area contributed by atoms with Crippen molar-refractivity contribution >= 4 is 0 Å². The van der Waals surface area contributed by atoms with Crippen LogP contribution in [-0.4, -0.2) is 36.1 Å². The normalized spacial score (nSPS) is 33.3. The van der Waals surface area contributed by atoms with Gasteiger partial charge in [0.05, 0.1) is 6.07 Å². The van der Waals surface area contributed by atoms with Crippen molar-refractivity contribution in [3.05, 3.63) is 0 Å². The summed E-state index contributed by atoms with van der Waals surface area (Å²) in [4.78, 5) is 2.63. The van der Waals surface area contributed by atoms with Gasteiger partial charge in [0, 0.05) is 18.6 Å². The van der Waals surface area contributed by atoms with Crippen molar-refractivity contribution in [2.24, 2.45) is 5.92 Å². The average Bonchev–Trinajstić information content (AvgIpc) is 3.04. The zero-order valence-electron chi connectivity index (χ0n) is 11.4. The number of nitrogens with one attached hydrogen (secondary N) is 1. The monoisotopic (exact) mass is 235 g/mol. The summed E-state index contributed by atoms with van der Waals surface area (Å²) in [6, 6.07) is 3.69. The maximum absolute atomic E-state index is 9.32. The van der Waals surface area contributed by atoms with Crippen LogP contribution in [0.2, 0.25) is 0 Å². The van der Waals surface area contributed by atoms with Crippen LogP contribution >= 0.6 is 0 Å². The largest absolute Gasteiger partial charge is 0.302 e. The molecule has 0 bridgehead atoms. The Labute approximate surface area is 105 Å². The molecule has 2 saturated carbocycles. The number of nitrogens with zero attached hydrogens (tertiary/aromatic N) is 2. The van der Waals surface area contributed by atoms with Crippen molar-refractivity contribution < 1.29 is 0 Å². The van der Waals surface area contributed by atoms with Crippen LogP contribution in [-0.2, 0) is 0 Å². The van der Waals surface area contributed by atoms with Crippen molar-refractivity contribution in [1.29, 1.82) is 5.26 Å². The van der Waals surface area contributed by atoms with Gasteiger partial charge in [-0.05, 0) is 58.9 Å². The predicted molar refractivity (Wildman–Crippen MR) is 69.6 cm³/mol. The zero-order valence-corrected chi connectivity index (χ0v) is 11.4.